The van der Waals surface area contributed by atoms with E-state index in [0.29, 0.717) is 18.4 Å². The van der Waals surface area contributed by atoms with Gasteiger partial charge in [0.25, 0.3) is 0 Å². The highest BCUT2D eigenvalue weighted by Crippen LogP contribution is 2.40. The highest BCUT2D eigenvalue weighted by atomic mass is 35.5. The first kappa shape index (κ1) is 19.7. The van der Waals surface area contributed by atoms with E-state index in [1.807, 2.05) is 12.1 Å². The third-order valence-electron chi connectivity index (χ3n) is 5.98. The lowest BCUT2D eigenvalue weighted by Gasteiger charge is -2.39. The third-order valence-corrected chi connectivity index (χ3v) is 6.23. The van der Waals surface area contributed by atoms with E-state index in [1.54, 1.807) is 0 Å². The molecule has 1 saturated carbocycles. The number of hydrogen-bond donors (Lipinski definition) is 1. The molecule has 2 aliphatic rings. The topological polar surface area (TPSA) is 38.3 Å². The van der Waals surface area contributed by atoms with Crippen LogP contribution in [0.15, 0.2) is 24.3 Å². The molecule has 1 aromatic carbocycles. The van der Waals surface area contributed by atoms with E-state index in [-0.39, 0.29) is 17.4 Å². The predicted molar refractivity (Wildman–Crippen MR) is 107 cm³/mol. The van der Waals surface area contributed by atoms with Crippen LogP contribution in [-0.2, 0) is 9.53 Å². The lowest BCUT2D eigenvalue weighted by molar-refractivity contribution is -0.123. The number of nitrogens with one attached hydrogen (secondary N) is 1. The van der Waals surface area contributed by atoms with Gasteiger partial charge in [-0.25, -0.2) is 0 Å². The van der Waals surface area contributed by atoms with Gasteiger partial charge >= 0.3 is 0 Å². The summed E-state index contributed by atoms with van der Waals surface area (Å²) in [6.45, 7) is 5.08. The van der Waals surface area contributed by atoms with Crippen LogP contribution in [0.2, 0.25) is 5.02 Å². The quantitative estimate of drug-likeness (QED) is 0.739. The molecule has 1 N–H and O–H groups in total. The normalized spacial score (nSPS) is 24.8. The summed E-state index contributed by atoms with van der Waals surface area (Å²) in [7, 11) is 0. The van der Waals surface area contributed by atoms with Crippen molar-refractivity contribution in [1.82, 2.24) is 5.32 Å². The number of hydrogen-bond acceptors (Lipinski definition) is 2. The Labute approximate surface area is 162 Å². The van der Waals surface area contributed by atoms with Crippen LogP contribution in [0.1, 0.15) is 76.7 Å². The molecule has 3 rings (SSSR count). The Bertz CT molecular complexity index is 593. The van der Waals surface area contributed by atoms with Crippen LogP contribution in [0.4, 0.5) is 0 Å². The molecular formula is C22H32ClNO2. The molecule has 3 nitrogen and oxygen atoms in total. The number of rotatable bonds is 5. The second kappa shape index (κ2) is 8.75. The van der Waals surface area contributed by atoms with Crippen molar-refractivity contribution in [1.29, 1.82) is 0 Å². The molecular weight excluding hydrogens is 346 g/mol. The maximum atomic E-state index is 12.8. The fourth-order valence-corrected chi connectivity index (χ4v) is 4.75. The molecule has 26 heavy (non-hydrogen) atoms. The molecule has 2 unspecified atom stereocenters. The van der Waals surface area contributed by atoms with Gasteiger partial charge in [0.2, 0.25) is 5.91 Å². The number of ether oxygens (including phenoxy) is 1. The van der Waals surface area contributed by atoms with Crippen LogP contribution >= 0.6 is 11.6 Å². The van der Waals surface area contributed by atoms with Gasteiger partial charge in [0.05, 0.1) is 5.60 Å². The standard InChI is InChI=1S/C22H32ClNO2/c1-22(2)15-17(12-13-26-22)20(16-8-10-18(23)11-9-16)14-21(25)24-19-6-4-3-5-7-19/h8-11,17,19-20H,3-7,12-15H2,1-2H3,(H,24,25). The lowest BCUT2D eigenvalue weighted by atomic mass is 9.75. The van der Waals surface area contributed by atoms with Gasteiger partial charge in [-0.1, -0.05) is 43.0 Å². The average Bonchev–Trinajstić information content (AvgIpc) is 2.60. The molecule has 1 aromatic rings. The smallest absolute Gasteiger partial charge is 0.220 e. The van der Waals surface area contributed by atoms with Crippen molar-refractivity contribution in [2.24, 2.45) is 5.92 Å². The lowest BCUT2D eigenvalue weighted by Crippen LogP contribution is -2.40. The van der Waals surface area contributed by atoms with Gasteiger partial charge in [-0.2, -0.15) is 0 Å². The Hall–Kier alpha value is -1.06. The number of carbonyl (C=O) groups excluding carboxylic acids is 1. The summed E-state index contributed by atoms with van der Waals surface area (Å²) in [6.07, 6.45) is 8.57. The summed E-state index contributed by atoms with van der Waals surface area (Å²) in [5.41, 5.74) is 1.10. The van der Waals surface area contributed by atoms with Crippen molar-refractivity contribution in [2.75, 3.05) is 6.61 Å². The summed E-state index contributed by atoms with van der Waals surface area (Å²) in [5, 5.41) is 4.04. The zero-order chi connectivity index (χ0) is 18.6. The monoisotopic (exact) mass is 377 g/mol. The molecule has 4 heteroatoms. The van der Waals surface area contributed by atoms with E-state index in [9.17, 15) is 4.79 Å². The molecule has 1 amide bonds. The Kier molecular flexibility index (Phi) is 6.63. The van der Waals surface area contributed by atoms with E-state index < -0.39 is 0 Å². The van der Waals surface area contributed by atoms with E-state index in [2.05, 4.69) is 31.3 Å². The predicted octanol–water partition coefficient (Wildman–Crippen LogP) is 5.47. The van der Waals surface area contributed by atoms with Gasteiger partial charge in [-0.3, -0.25) is 4.79 Å². The minimum Gasteiger partial charge on any atom is -0.376 e. The molecule has 1 aliphatic heterocycles. The summed E-state index contributed by atoms with van der Waals surface area (Å²) < 4.78 is 5.91. The number of benzene rings is 1. The summed E-state index contributed by atoms with van der Waals surface area (Å²) in [5.74, 6) is 0.872. The summed E-state index contributed by atoms with van der Waals surface area (Å²) >= 11 is 6.08. The molecule has 0 spiro atoms. The Morgan fingerprint density at radius 2 is 1.88 bits per heavy atom. The first-order valence-corrected chi connectivity index (χ1v) is 10.5. The van der Waals surface area contributed by atoms with E-state index in [0.717, 1.165) is 37.3 Å². The molecule has 144 valence electrons. The second-order valence-corrected chi connectivity index (χ2v) is 9.06. The van der Waals surface area contributed by atoms with Gasteiger partial charge in [-0.15, -0.1) is 0 Å². The zero-order valence-electron chi connectivity index (χ0n) is 16.1. The number of amides is 1. The van der Waals surface area contributed by atoms with Crippen molar-refractivity contribution in [2.45, 2.75) is 82.8 Å². The summed E-state index contributed by atoms with van der Waals surface area (Å²) in [6, 6.07) is 8.42. The number of carbonyl (C=O) groups is 1. The molecule has 2 atom stereocenters. The van der Waals surface area contributed by atoms with Gasteiger partial charge in [0.15, 0.2) is 0 Å². The van der Waals surface area contributed by atoms with Crippen LogP contribution in [0, 0.1) is 5.92 Å². The fourth-order valence-electron chi connectivity index (χ4n) is 4.62. The third kappa shape index (κ3) is 5.47. The van der Waals surface area contributed by atoms with Crippen LogP contribution < -0.4 is 5.32 Å². The zero-order valence-corrected chi connectivity index (χ0v) is 16.9. The maximum absolute atomic E-state index is 12.8. The second-order valence-electron chi connectivity index (χ2n) is 8.63. The highest BCUT2D eigenvalue weighted by Gasteiger charge is 2.35. The van der Waals surface area contributed by atoms with Gasteiger partial charge in [-0.05, 0) is 69.1 Å². The Morgan fingerprint density at radius 1 is 1.19 bits per heavy atom. The molecule has 0 bridgehead atoms. The van der Waals surface area contributed by atoms with E-state index in [4.69, 9.17) is 16.3 Å². The van der Waals surface area contributed by atoms with E-state index in [1.165, 1.54) is 24.8 Å². The molecule has 0 aromatic heterocycles. The molecule has 2 fully saturated rings. The molecule has 1 saturated heterocycles. The SMILES string of the molecule is CC1(C)CC(C(CC(=O)NC2CCCCC2)c2ccc(Cl)cc2)CCO1. The first-order valence-electron chi connectivity index (χ1n) is 10.1. The minimum absolute atomic E-state index is 0.118. The van der Waals surface area contributed by atoms with Crippen LogP contribution in [0.3, 0.4) is 0 Å². The number of halogens is 1. The minimum atomic E-state index is -0.118. The Morgan fingerprint density at radius 3 is 2.54 bits per heavy atom. The fraction of sp³-hybridized carbons (Fsp3) is 0.682. The van der Waals surface area contributed by atoms with E-state index >= 15 is 0 Å². The average molecular weight is 378 g/mol. The van der Waals surface area contributed by atoms with Gasteiger partial charge in [0, 0.05) is 24.1 Å². The van der Waals surface area contributed by atoms with Crippen molar-refractivity contribution in [3.05, 3.63) is 34.9 Å². The maximum Gasteiger partial charge on any atom is 0.220 e. The van der Waals surface area contributed by atoms with Gasteiger partial charge in [0.1, 0.15) is 0 Å². The highest BCUT2D eigenvalue weighted by molar-refractivity contribution is 6.30. The molecule has 1 aliphatic carbocycles. The van der Waals surface area contributed by atoms with Crippen LogP contribution in [0.5, 0.6) is 0 Å². The summed E-state index contributed by atoms with van der Waals surface area (Å²) in [4.78, 5) is 12.8. The van der Waals surface area contributed by atoms with Crippen molar-refractivity contribution in [3.8, 4) is 0 Å². The van der Waals surface area contributed by atoms with Crippen molar-refractivity contribution >= 4 is 17.5 Å². The van der Waals surface area contributed by atoms with Crippen LogP contribution in [-0.4, -0.2) is 24.2 Å². The van der Waals surface area contributed by atoms with Crippen LogP contribution in [0.25, 0.3) is 0 Å². The van der Waals surface area contributed by atoms with Crippen molar-refractivity contribution in [3.63, 3.8) is 0 Å². The first-order chi connectivity index (χ1) is 12.4. The largest absolute Gasteiger partial charge is 0.376 e. The Balaban J connectivity index is 1.71. The molecule has 1 heterocycles. The molecule has 0 radical (unpaired) electrons. The van der Waals surface area contributed by atoms with Crippen molar-refractivity contribution < 1.29 is 9.53 Å². The van der Waals surface area contributed by atoms with Gasteiger partial charge < -0.3 is 10.1 Å².